The molecule has 31 heavy (non-hydrogen) atoms. The van der Waals surface area contributed by atoms with Crippen LogP contribution in [0.5, 0.6) is 5.75 Å². The van der Waals surface area contributed by atoms with Gasteiger partial charge in [-0.25, -0.2) is 21.9 Å². The van der Waals surface area contributed by atoms with Crippen LogP contribution in [0.2, 0.25) is 0 Å². The van der Waals surface area contributed by atoms with Crippen LogP contribution in [-0.2, 0) is 14.8 Å². The summed E-state index contributed by atoms with van der Waals surface area (Å²) in [7, 11) is -3.16. The lowest BCUT2D eigenvalue weighted by Crippen LogP contribution is -2.41. The van der Waals surface area contributed by atoms with Crippen molar-refractivity contribution in [2.24, 2.45) is 0 Å². The number of rotatable bonds is 7. The van der Waals surface area contributed by atoms with Crippen molar-refractivity contribution < 1.29 is 18.3 Å². The molecule has 1 aliphatic heterocycles. The molecular formula is C19H27N7O4S. The van der Waals surface area contributed by atoms with Gasteiger partial charge in [-0.2, -0.15) is 10.1 Å². The molecule has 168 valence electrons. The Balaban J connectivity index is 1.51. The first-order valence-electron chi connectivity index (χ1n) is 10.2. The lowest BCUT2D eigenvalue weighted by molar-refractivity contribution is 0.0160. The summed E-state index contributed by atoms with van der Waals surface area (Å²) < 4.78 is 33.6. The monoisotopic (exact) mass is 449 g/mol. The number of nitrogens with zero attached hydrogens (tertiary/aromatic N) is 6. The molecule has 11 nitrogen and oxygen atoms in total. The summed E-state index contributed by atoms with van der Waals surface area (Å²) in [5.74, 6) is 0.407. The normalized spacial score (nSPS) is 17.3. The minimum atomic E-state index is -3.16. The van der Waals surface area contributed by atoms with Gasteiger partial charge in [-0.15, -0.1) is 5.10 Å². The van der Waals surface area contributed by atoms with Crippen LogP contribution in [0, 0.1) is 0 Å². The van der Waals surface area contributed by atoms with E-state index in [4.69, 9.17) is 4.74 Å². The Bertz CT molecular complexity index is 1170. The molecule has 0 saturated carbocycles. The van der Waals surface area contributed by atoms with E-state index >= 15 is 0 Å². The Hall–Kier alpha value is -2.70. The highest BCUT2D eigenvalue weighted by molar-refractivity contribution is 7.88. The van der Waals surface area contributed by atoms with Gasteiger partial charge in [0.05, 0.1) is 12.5 Å². The van der Waals surface area contributed by atoms with Crippen LogP contribution in [0.25, 0.3) is 16.8 Å². The highest BCUT2D eigenvalue weighted by Crippen LogP contribution is 2.32. The molecule has 3 aromatic heterocycles. The highest BCUT2D eigenvalue weighted by atomic mass is 32.2. The molecule has 4 rings (SSSR count). The van der Waals surface area contributed by atoms with E-state index in [0.717, 1.165) is 5.56 Å². The van der Waals surface area contributed by atoms with Gasteiger partial charge >= 0.3 is 0 Å². The summed E-state index contributed by atoms with van der Waals surface area (Å²) in [6, 6.07) is 1.83. The van der Waals surface area contributed by atoms with Crippen molar-refractivity contribution in [3.63, 3.8) is 0 Å². The van der Waals surface area contributed by atoms with Gasteiger partial charge in [0.15, 0.2) is 11.4 Å². The van der Waals surface area contributed by atoms with E-state index in [1.807, 2.05) is 20.0 Å². The number of aromatic nitrogens is 5. The predicted molar refractivity (Wildman–Crippen MR) is 115 cm³/mol. The smallest absolute Gasteiger partial charge is 0.243 e. The fourth-order valence-electron chi connectivity index (χ4n) is 3.74. The number of ether oxygens (including phenoxy) is 1. The van der Waals surface area contributed by atoms with Crippen molar-refractivity contribution >= 4 is 21.6 Å². The molecule has 1 aliphatic rings. The standard InChI is InChI=1S/C19H27N7O4S/c1-4-30-13(2)26-12-14(11-20-26)16-7-10-25-18(17(16)27)22-19(23-25)21-15-5-8-24(9-6-15)31(3,28)29/h7,10-13,15,27H,4-6,8-9H2,1-3H3,(H,21,23). The van der Waals surface area contributed by atoms with E-state index in [1.165, 1.54) is 15.1 Å². The Morgan fingerprint density at radius 2 is 2.10 bits per heavy atom. The first-order chi connectivity index (χ1) is 14.8. The molecule has 0 radical (unpaired) electrons. The number of pyridine rings is 1. The number of hydrogen-bond acceptors (Lipinski definition) is 8. The zero-order valence-electron chi connectivity index (χ0n) is 17.8. The molecule has 1 unspecified atom stereocenters. The minimum absolute atomic E-state index is 0.0126. The van der Waals surface area contributed by atoms with E-state index < -0.39 is 10.0 Å². The molecule has 1 fully saturated rings. The van der Waals surface area contributed by atoms with Crippen LogP contribution in [0.15, 0.2) is 24.7 Å². The number of nitrogens with one attached hydrogen (secondary N) is 1. The molecule has 0 spiro atoms. The van der Waals surface area contributed by atoms with Crippen LogP contribution < -0.4 is 5.32 Å². The van der Waals surface area contributed by atoms with Gasteiger partial charge in [0, 0.05) is 49.3 Å². The summed E-state index contributed by atoms with van der Waals surface area (Å²) in [6.45, 7) is 5.33. The molecule has 0 aliphatic carbocycles. The zero-order valence-corrected chi connectivity index (χ0v) is 18.6. The van der Waals surface area contributed by atoms with Crippen LogP contribution in [0.3, 0.4) is 0 Å². The number of hydrogen-bond donors (Lipinski definition) is 2. The average Bonchev–Trinajstić information content (AvgIpc) is 3.36. The number of sulfonamides is 1. The Kier molecular flexibility index (Phi) is 5.86. The Labute approximate surface area is 180 Å². The second-order valence-electron chi connectivity index (χ2n) is 7.63. The first-order valence-corrected chi connectivity index (χ1v) is 12.1. The van der Waals surface area contributed by atoms with Gasteiger partial charge in [0.1, 0.15) is 6.23 Å². The van der Waals surface area contributed by atoms with E-state index in [0.29, 0.717) is 49.7 Å². The number of piperidine rings is 1. The molecular weight excluding hydrogens is 422 g/mol. The van der Waals surface area contributed by atoms with Gasteiger partial charge in [-0.1, -0.05) is 0 Å². The van der Waals surface area contributed by atoms with Crippen LogP contribution in [0.4, 0.5) is 5.95 Å². The molecule has 12 heteroatoms. The second-order valence-corrected chi connectivity index (χ2v) is 9.61. The lowest BCUT2D eigenvalue weighted by atomic mass is 10.1. The molecule has 4 heterocycles. The average molecular weight is 450 g/mol. The van der Waals surface area contributed by atoms with Crippen LogP contribution in [0.1, 0.15) is 32.9 Å². The molecule has 2 N–H and O–H groups in total. The zero-order chi connectivity index (χ0) is 22.2. The molecule has 0 amide bonds. The maximum atomic E-state index is 11.7. The van der Waals surface area contributed by atoms with Crippen molar-refractivity contribution in [3.05, 3.63) is 24.7 Å². The summed E-state index contributed by atoms with van der Waals surface area (Å²) in [4.78, 5) is 4.44. The molecule has 3 aromatic rings. The fraction of sp³-hybridized carbons (Fsp3) is 0.526. The van der Waals surface area contributed by atoms with Crippen molar-refractivity contribution in [2.75, 3.05) is 31.3 Å². The van der Waals surface area contributed by atoms with Crippen molar-refractivity contribution in [3.8, 4) is 16.9 Å². The fourth-order valence-corrected chi connectivity index (χ4v) is 4.61. The van der Waals surface area contributed by atoms with Gasteiger partial charge in [-0.05, 0) is 32.8 Å². The third kappa shape index (κ3) is 4.50. The molecule has 0 bridgehead atoms. The minimum Gasteiger partial charge on any atom is -0.504 e. The molecule has 1 atom stereocenters. The molecule has 0 aromatic carbocycles. The van der Waals surface area contributed by atoms with E-state index in [2.05, 4.69) is 20.5 Å². The highest BCUT2D eigenvalue weighted by Gasteiger charge is 2.25. The third-order valence-corrected chi connectivity index (χ3v) is 6.73. The van der Waals surface area contributed by atoms with Crippen molar-refractivity contribution in [2.45, 2.75) is 39.0 Å². The largest absolute Gasteiger partial charge is 0.504 e. The van der Waals surface area contributed by atoms with Crippen molar-refractivity contribution in [1.29, 1.82) is 0 Å². The quantitative estimate of drug-likeness (QED) is 0.558. The predicted octanol–water partition coefficient (Wildman–Crippen LogP) is 1.69. The van der Waals surface area contributed by atoms with E-state index in [1.54, 1.807) is 23.1 Å². The van der Waals surface area contributed by atoms with E-state index in [-0.39, 0.29) is 18.0 Å². The third-order valence-electron chi connectivity index (χ3n) is 5.43. The summed E-state index contributed by atoms with van der Waals surface area (Å²) in [5, 5.41) is 22.8. The summed E-state index contributed by atoms with van der Waals surface area (Å²) >= 11 is 0. The Morgan fingerprint density at radius 1 is 1.35 bits per heavy atom. The number of aromatic hydroxyl groups is 1. The van der Waals surface area contributed by atoms with Gasteiger partial charge in [0.2, 0.25) is 16.0 Å². The van der Waals surface area contributed by atoms with Crippen molar-refractivity contribution in [1.82, 2.24) is 28.7 Å². The lowest BCUT2D eigenvalue weighted by Gasteiger charge is -2.30. The van der Waals surface area contributed by atoms with Gasteiger partial charge in [0.25, 0.3) is 0 Å². The molecule has 1 saturated heterocycles. The van der Waals surface area contributed by atoms with Gasteiger partial charge < -0.3 is 15.2 Å². The number of anilines is 1. The first kappa shape index (κ1) is 21.5. The second kappa shape index (κ2) is 8.44. The topological polar surface area (TPSA) is 127 Å². The summed E-state index contributed by atoms with van der Waals surface area (Å²) in [5.41, 5.74) is 1.68. The van der Waals surface area contributed by atoms with Crippen LogP contribution in [-0.4, -0.2) is 74.2 Å². The van der Waals surface area contributed by atoms with Crippen LogP contribution >= 0.6 is 0 Å². The maximum Gasteiger partial charge on any atom is 0.243 e. The summed E-state index contributed by atoms with van der Waals surface area (Å²) in [6.07, 6.45) is 7.57. The van der Waals surface area contributed by atoms with Gasteiger partial charge in [-0.3, -0.25) is 0 Å². The SMILES string of the molecule is CCOC(C)n1cc(-c2ccn3nc(NC4CCN(S(C)(=O)=O)CC4)nc3c2O)cn1. The Morgan fingerprint density at radius 3 is 2.77 bits per heavy atom. The number of fused-ring (bicyclic) bond motifs is 1. The maximum absolute atomic E-state index is 11.7. The van der Waals surface area contributed by atoms with E-state index in [9.17, 15) is 13.5 Å².